The van der Waals surface area contributed by atoms with Crippen molar-refractivity contribution in [2.75, 3.05) is 6.54 Å². The fourth-order valence-electron chi connectivity index (χ4n) is 3.32. The molecule has 0 saturated carbocycles. The first-order valence-corrected chi connectivity index (χ1v) is 8.45. The second kappa shape index (κ2) is 7.49. The molecule has 0 bridgehead atoms. The Bertz CT molecular complexity index is 670. The summed E-state index contributed by atoms with van der Waals surface area (Å²) < 4.78 is 0. The second-order valence-corrected chi connectivity index (χ2v) is 6.61. The van der Waals surface area contributed by atoms with Gasteiger partial charge in [0.15, 0.2) is 0 Å². The molecular formula is C20H24N2O2. The molecule has 0 radical (unpaired) electrons. The topological polar surface area (TPSA) is 52.6 Å². The minimum Gasteiger partial charge on any atom is -0.508 e. The van der Waals surface area contributed by atoms with Gasteiger partial charge in [-0.1, -0.05) is 42.5 Å². The van der Waals surface area contributed by atoms with Crippen LogP contribution in [0.3, 0.4) is 0 Å². The van der Waals surface area contributed by atoms with E-state index in [1.807, 2.05) is 6.07 Å². The van der Waals surface area contributed by atoms with Gasteiger partial charge in [0, 0.05) is 25.2 Å². The number of aromatic hydroxyl groups is 1. The maximum Gasteiger partial charge on any atom is 0.224 e. The third-order valence-corrected chi connectivity index (χ3v) is 4.60. The standard InChI is InChI=1S/C20H24N2O2/c1-15-11-18(14-22(15)13-17-5-3-2-4-6-17)21-20(24)12-16-7-9-19(23)10-8-16/h2-10,15,18,23H,11-14H2,1H3,(H,21,24)/t15-,18+/m1/s1. The monoisotopic (exact) mass is 324 g/mol. The summed E-state index contributed by atoms with van der Waals surface area (Å²) in [6.07, 6.45) is 1.33. The number of carbonyl (C=O) groups excluding carboxylic acids is 1. The van der Waals surface area contributed by atoms with Crippen LogP contribution in [-0.2, 0) is 17.8 Å². The maximum absolute atomic E-state index is 12.2. The number of likely N-dealkylation sites (tertiary alicyclic amines) is 1. The highest BCUT2D eigenvalue weighted by Crippen LogP contribution is 2.20. The lowest BCUT2D eigenvalue weighted by Gasteiger charge is -2.20. The Labute approximate surface area is 143 Å². The van der Waals surface area contributed by atoms with Gasteiger partial charge in [-0.25, -0.2) is 0 Å². The van der Waals surface area contributed by atoms with Crippen LogP contribution < -0.4 is 5.32 Å². The first-order chi connectivity index (χ1) is 11.6. The van der Waals surface area contributed by atoms with E-state index >= 15 is 0 Å². The van der Waals surface area contributed by atoms with Crippen molar-refractivity contribution in [2.24, 2.45) is 0 Å². The summed E-state index contributed by atoms with van der Waals surface area (Å²) in [6.45, 7) is 4.03. The molecule has 1 aliphatic rings. The summed E-state index contributed by atoms with van der Waals surface area (Å²) in [4.78, 5) is 14.7. The molecule has 1 heterocycles. The Kier molecular flexibility index (Phi) is 5.16. The molecule has 4 nitrogen and oxygen atoms in total. The molecule has 2 aromatic carbocycles. The van der Waals surface area contributed by atoms with Crippen molar-refractivity contribution in [1.29, 1.82) is 0 Å². The molecule has 0 aliphatic carbocycles. The van der Waals surface area contributed by atoms with Crippen molar-refractivity contribution in [3.8, 4) is 5.75 Å². The molecule has 2 aromatic rings. The fraction of sp³-hybridized carbons (Fsp3) is 0.350. The number of nitrogens with zero attached hydrogens (tertiary/aromatic N) is 1. The van der Waals surface area contributed by atoms with Gasteiger partial charge in [0.25, 0.3) is 0 Å². The van der Waals surface area contributed by atoms with E-state index in [4.69, 9.17) is 0 Å². The number of rotatable bonds is 5. The molecule has 1 amide bonds. The van der Waals surface area contributed by atoms with Crippen LogP contribution in [0.15, 0.2) is 54.6 Å². The van der Waals surface area contributed by atoms with Crippen LogP contribution >= 0.6 is 0 Å². The Morgan fingerprint density at radius 2 is 1.83 bits per heavy atom. The zero-order valence-corrected chi connectivity index (χ0v) is 14.0. The fourth-order valence-corrected chi connectivity index (χ4v) is 3.32. The Hall–Kier alpha value is -2.33. The SMILES string of the molecule is C[C@@H]1C[C@H](NC(=O)Cc2ccc(O)cc2)CN1Cc1ccccc1. The lowest BCUT2D eigenvalue weighted by Crippen LogP contribution is -2.37. The van der Waals surface area contributed by atoms with E-state index in [2.05, 4.69) is 41.4 Å². The number of carbonyl (C=O) groups is 1. The van der Waals surface area contributed by atoms with Crippen molar-refractivity contribution in [2.45, 2.75) is 38.4 Å². The molecular weight excluding hydrogens is 300 g/mol. The third kappa shape index (κ3) is 4.36. The van der Waals surface area contributed by atoms with Gasteiger partial charge in [0.2, 0.25) is 5.91 Å². The van der Waals surface area contributed by atoms with E-state index < -0.39 is 0 Å². The summed E-state index contributed by atoms with van der Waals surface area (Å²) in [5, 5.41) is 12.4. The molecule has 3 rings (SSSR count). The van der Waals surface area contributed by atoms with Gasteiger partial charge in [-0.15, -0.1) is 0 Å². The van der Waals surface area contributed by atoms with Gasteiger partial charge in [-0.05, 0) is 36.6 Å². The molecule has 0 unspecified atom stereocenters. The van der Waals surface area contributed by atoms with Crippen LogP contribution in [0.25, 0.3) is 0 Å². The molecule has 0 spiro atoms. The first kappa shape index (κ1) is 16.5. The van der Waals surface area contributed by atoms with E-state index in [0.717, 1.165) is 25.1 Å². The average Bonchev–Trinajstić information content (AvgIpc) is 2.90. The van der Waals surface area contributed by atoms with Gasteiger partial charge < -0.3 is 10.4 Å². The number of benzene rings is 2. The van der Waals surface area contributed by atoms with Crippen molar-refractivity contribution >= 4 is 5.91 Å². The zero-order chi connectivity index (χ0) is 16.9. The van der Waals surface area contributed by atoms with E-state index in [1.165, 1.54) is 5.56 Å². The second-order valence-electron chi connectivity index (χ2n) is 6.61. The Balaban J connectivity index is 1.51. The van der Waals surface area contributed by atoms with Gasteiger partial charge in [0.05, 0.1) is 6.42 Å². The summed E-state index contributed by atoms with van der Waals surface area (Å²) in [5.74, 6) is 0.264. The highest BCUT2D eigenvalue weighted by molar-refractivity contribution is 5.79. The highest BCUT2D eigenvalue weighted by atomic mass is 16.3. The number of amides is 1. The van der Waals surface area contributed by atoms with Crippen LogP contribution in [-0.4, -0.2) is 34.5 Å². The van der Waals surface area contributed by atoms with E-state index in [9.17, 15) is 9.90 Å². The van der Waals surface area contributed by atoms with E-state index in [0.29, 0.717) is 12.5 Å². The smallest absolute Gasteiger partial charge is 0.224 e. The molecule has 4 heteroatoms. The van der Waals surface area contributed by atoms with Crippen molar-refractivity contribution in [1.82, 2.24) is 10.2 Å². The summed E-state index contributed by atoms with van der Waals surface area (Å²) >= 11 is 0. The van der Waals surface area contributed by atoms with Crippen LogP contribution in [0, 0.1) is 0 Å². The summed E-state index contributed by atoms with van der Waals surface area (Å²) in [6, 6.07) is 17.9. The Morgan fingerprint density at radius 1 is 1.12 bits per heavy atom. The molecule has 126 valence electrons. The van der Waals surface area contributed by atoms with Gasteiger partial charge >= 0.3 is 0 Å². The molecule has 2 N–H and O–H groups in total. The first-order valence-electron chi connectivity index (χ1n) is 8.45. The molecule has 24 heavy (non-hydrogen) atoms. The van der Waals surface area contributed by atoms with Gasteiger partial charge in [-0.3, -0.25) is 9.69 Å². The lowest BCUT2D eigenvalue weighted by molar-refractivity contribution is -0.121. The predicted molar refractivity (Wildman–Crippen MR) is 94.7 cm³/mol. The minimum atomic E-state index is 0.0412. The molecule has 2 atom stereocenters. The third-order valence-electron chi connectivity index (χ3n) is 4.60. The number of hydrogen-bond donors (Lipinski definition) is 2. The van der Waals surface area contributed by atoms with E-state index in [1.54, 1.807) is 24.3 Å². The average molecular weight is 324 g/mol. The summed E-state index contributed by atoms with van der Waals surface area (Å²) in [5.41, 5.74) is 2.22. The maximum atomic E-state index is 12.2. The minimum absolute atomic E-state index is 0.0412. The van der Waals surface area contributed by atoms with E-state index in [-0.39, 0.29) is 17.7 Å². The zero-order valence-electron chi connectivity index (χ0n) is 14.0. The molecule has 0 aromatic heterocycles. The molecule has 1 aliphatic heterocycles. The van der Waals surface area contributed by atoms with Crippen LogP contribution in [0.1, 0.15) is 24.5 Å². The highest BCUT2D eigenvalue weighted by Gasteiger charge is 2.29. The summed E-state index contributed by atoms with van der Waals surface area (Å²) in [7, 11) is 0. The van der Waals surface area contributed by atoms with Crippen molar-refractivity contribution in [3.63, 3.8) is 0 Å². The quantitative estimate of drug-likeness (QED) is 0.889. The number of nitrogens with one attached hydrogen (secondary N) is 1. The van der Waals surface area contributed by atoms with Gasteiger partial charge in [-0.2, -0.15) is 0 Å². The number of phenolic OH excluding ortho intramolecular Hbond substituents is 1. The van der Waals surface area contributed by atoms with Crippen molar-refractivity contribution in [3.05, 3.63) is 65.7 Å². The largest absolute Gasteiger partial charge is 0.508 e. The van der Waals surface area contributed by atoms with Crippen LogP contribution in [0.5, 0.6) is 5.75 Å². The number of hydrogen-bond acceptors (Lipinski definition) is 3. The molecule has 1 fully saturated rings. The lowest BCUT2D eigenvalue weighted by atomic mass is 10.1. The normalized spacial score (nSPS) is 20.9. The van der Waals surface area contributed by atoms with Gasteiger partial charge in [0.1, 0.15) is 5.75 Å². The van der Waals surface area contributed by atoms with Crippen molar-refractivity contribution < 1.29 is 9.90 Å². The number of phenols is 1. The van der Waals surface area contributed by atoms with Crippen LogP contribution in [0.4, 0.5) is 0 Å². The molecule has 1 saturated heterocycles. The predicted octanol–water partition coefficient (Wildman–Crippen LogP) is 2.71. The Morgan fingerprint density at radius 3 is 2.54 bits per heavy atom. The van der Waals surface area contributed by atoms with Crippen LogP contribution in [0.2, 0.25) is 0 Å².